The maximum absolute atomic E-state index is 12.3. The third kappa shape index (κ3) is 5.41. The van der Waals surface area contributed by atoms with Gasteiger partial charge in [0, 0.05) is 6.54 Å². The van der Waals surface area contributed by atoms with E-state index in [1.54, 1.807) is 24.3 Å². The van der Waals surface area contributed by atoms with Crippen molar-refractivity contribution < 1.29 is 13.2 Å². The predicted molar refractivity (Wildman–Crippen MR) is 96.2 cm³/mol. The van der Waals surface area contributed by atoms with Crippen LogP contribution in [0.3, 0.4) is 0 Å². The van der Waals surface area contributed by atoms with Gasteiger partial charge in [-0.15, -0.1) is 0 Å². The number of nitrogens with zero attached hydrogens (tertiary/aromatic N) is 2. The summed E-state index contributed by atoms with van der Waals surface area (Å²) in [5.74, 6) is -0.499. The van der Waals surface area contributed by atoms with Crippen molar-refractivity contribution in [3.63, 3.8) is 0 Å². The molecular formula is C18H19N3O3S. The SMILES string of the molecule is Cc1cccc(CN(CC(=O)Nc2ccccc2C#N)S(C)(=O)=O)c1. The van der Waals surface area contributed by atoms with Crippen molar-refractivity contribution in [3.8, 4) is 6.07 Å². The molecule has 0 fully saturated rings. The van der Waals surface area contributed by atoms with Crippen molar-refractivity contribution in [1.29, 1.82) is 5.26 Å². The van der Waals surface area contributed by atoms with Crippen LogP contribution in [-0.2, 0) is 21.4 Å². The minimum Gasteiger partial charge on any atom is -0.324 e. The van der Waals surface area contributed by atoms with Crippen LogP contribution in [0.25, 0.3) is 0 Å². The van der Waals surface area contributed by atoms with Gasteiger partial charge in [0.2, 0.25) is 15.9 Å². The lowest BCUT2D eigenvalue weighted by Crippen LogP contribution is -2.37. The van der Waals surface area contributed by atoms with Gasteiger partial charge in [0.05, 0.1) is 24.1 Å². The first kappa shape index (κ1) is 18.6. The predicted octanol–water partition coefficient (Wildman–Crippen LogP) is 2.27. The van der Waals surface area contributed by atoms with E-state index in [1.807, 2.05) is 37.3 Å². The molecule has 2 rings (SSSR count). The molecule has 0 heterocycles. The number of amides is 1. The van der Waals surface area contributed by atoms with E-state index in [2.05, 4.69) is 5.32 Å². The van der Waals surface area contributed by atoms with E-state index >= 15 is 0 Å². The summed E-state index contributed by atoms with van der Waals surface area (Å²) in [5, 5.41) is 11.6. The second kappa shape index (κ2) is 7.92. The maximum Gasteiger partial charge on any atom is 0.239 e. The summed E-state index contributed by atoms with van der Waals surface area (Å²) in [7, 11) is -3.57. The number of hydrogen-bond donors (Lipinski definition) is 1. The second-order valence-electron chi connectivity index (χ2n) is 5.73. The first-order valence-corrected chi connectivity index (χ1v) is 9.44. The summed E-state index contributed by atoms with van der Waals surface area (Å²) in [6.07, 6.45) is 1.07. The highest BCUT2D eigenvalue weighted by atomic mass is 32.2. The summed E-state index contributed by atoms with van der Waals surface area (Å²) < 4.78 is 25.2. The van der Waals surface area contributed by atoms with Crippen molar-refractivity contribution in [1.82, 2.24) is 4.31 Å². The molecule has 0 saturated carbocycles. The molecule has 25 heavy (non-hydrogen) atoms. The Morgan fingerprint density at radius 1 is 1.20 bits per heavy atom. The number of carbonyl (C=O) groups is 1. The number of sulfonamides is 1. The topological polar surface area (TPSA) is 90.3 Å². The molecule has 0 unspecified atom stereocenters. The van der Waals surface area contributed by atoms with Crippen molar-refractivity contribution in [3.05, 3.63) is 65.2 Å². The number of nitrogens with one attached hydrogen (secondary N) is 1. The molecule has 1 amide bonds. The minimum absolute atomic E-state index is 0.105. The van der Waals surface area contributed by atoms with Crippen LogP contribution >= 0.6 is 0 Å². The van der Waals surface area contributed by atoms with Gasteiger partial charge in [0.15, 0.2) is 0 Å². The average molecular weight is 357 g/mol. The Kier molecular flexibility index (Phi) is 5.91. The summed E-state index contributed by atoms with van der Waals surface area (Å²) in [6.45, 7) is 1.69. The molecule has 0 aliphatic carbocycles. The average Bonchev–Trinajstić information content (AvgIpc) is 2.54. The fourth-order valence-electron chi connectivity index (χ4n) is 2.34. The number of hydrogen-bond acceptors (Lipinski definition) is 4. The van der Waals surface area contributed by atoms with Gasteiger partial charge in [0.25, 0.3) is 0 Å². The van der Waals surface area contributed by atoms with E-state index in [0.717, 1.165) is 21.7 Å². The maximum atomic E-state index is 12.3. The summed E-state index contributed by atoms with van der Waals surface area (Å²) >= 11 is 0. The Bertz CT molecular complexity index is 917. The van der Waals surface area contributed by atoms with Crippen LogP contribution in [0.15, 0.2) is 48.5 Å². The van der Waals surface area contributed by atoms with Crippen LogP contribution in [-0.4, -0.2) is 31.4 Å². The second-order valence-corrected chi connectivity index (χ2v) is 7.71. The first-order valence-electron chi connectivity index (χ1n) is 7.59. The number of carbonyl (C=O) groups excluding carboxylic acids is 1. The zero-order chi connectivity index (χ0) is 18.4. The normalized spacial score (nSPS) is 11.1. The molecule has 6 nitrogen and oxygen atoms in total. The fraction of sp³-hybridized carbons (Fsp3) is 0.222. The zero-order valence-corrected chi connectivity index (χ0v) is 14.9. The Hall–Kier alpha value is -2.69. The van der Waals surface area contributed by atoms with Crippen LogP contribution < -0.4 is 5.32 Å². The molecule has 0 aromatic heterocycles. The van der Waals surface area contributed by atoms with Crippen molar-refractivity contribution in [2.45, 2.75) is 13.5 Å². The van der Waals surface area contributed by atoms with E-state index < -0.39 is 15.9 Å². The highest BCUT2D eigenvalue weighted by Crippen LogP contribution is 2.15. The van der Waals surface area contributed by atoms with Gasteiger partial charge < -0.3 is 5.32 Å². The van der Waals surface area contributed by atoms with Crippen LogP contribution in [0, 0.1) is 18.3 Å². The summed E-state index contributed by atoms with van der Waals surface area (Å²) in [6, 6.07) is 16.0. The molecule has 0 radical (unpaired) electrons. The molecule has 2 aromatic carbocycles. The van der Waals surface area contributed by atoms with Gasteiger partial charge in [-0.1, -0.05) is 42.0 Å². The number of anilines is 1. The fourth-order valence-corrected chi connectivity index (χ4v) is 3.08. The molecule has 0 saturated heterocycles. The molecular weight excluding hydrogens is 338 g/mol. The largest absolute Gasteiger partial charge is 0.324 e. The molecule has 2 aromatic rings. The molecule has 0 aliphatic rings. The zero-order valence-electron chi connectivity index (χ0n) is 14.1. The highest BCUT2D eigenvalue weighted by molar-refractivity contribution is 7.88. The molecule has 0 atom stereocenters. The monoisotopic (exact) mass is 357 g/mol. The first-order chi connectivity index (χ1) is 11.8. The number of aryl methyl sites for hydroxylation is 1. The van der Waals surface area contributed by atoms with Crippen LogP contribution in [0.1, 0.15) is 16.7 Å². The van der Waals surface area contributed by atoms with Gasteiger partial charge in [-0.2, -0.15) is 9.57 Å². The van der Waals surface area contributed by atoms with E-state index in [9.17, 15) is 13.2 Å². The van der Waals surface area contributed by atoms with E-state index in [-0.39, 0.29) is 13.1 Å². The molecule has 1 N–H and O–H groups in total. The van der Waals surface area contributed by atoms with E-state index in [4.69, 9.17) is 5.26 Å². The van der Waals surface area contributed by atoms with Crippen LogP contribution in [0.5, 0.6) is 0 Å². The number of rotatable bonds is 6. The molecule has 0 aliphatic heterocycles. The molecule has 0 spiro atoms. The lowest BCUT2D eigenvalue weighted by molar-refractivity contribution is -0.116. The number of benzene rings is 2. The lowest BCUT2D eigenvalue weighted by Gasteiger charge is -2.20. The standard InChI is InChI=1S/C18H19N3O3S/c1-14-6-5-7-15(10-14)12-21(25(2,23)24)13-18(22)20-17-9-4-3-8-16(17)11-19/h3-10H,12-13H2,1-2H3,(H,20,22). The van der Waals surface area contributed by atoms with Gasteiger partial charge >= 0.3 is 0 Å². The third-order valence-electron chi connectivity index (χ3n) is 3.55. The van der Waals surface area contributed by atoms with Gasteiger partial charge in [-0.05, 0) is 24.6 Å². The Labute approximate surface area is 147 Å². The Morgan fingerprint density at radius 3 is 2.56 bits per heavy atom. The molecule has 0 bridgehead atoms. The van der Waals surface area contributed by atoms with Crippen LogP contribution in [0.4, 0.5) is 5.69 Å². The summed E-state index contributed by atoms with van der Waals surface area (Å²) in [5.41, 5.74) is 2.49. The van der Waals surface area contributed by atoms with Gasteiger partial charge in [-0.25, -0.2) is 8.42 Å². The smallest absolute Gasteiger partial charge is 0.239 e. The summed E-state index contributed by atoms with van der Waals surface area (Å²) in [4.78, 5) is 12.3. The number of para-hydroxylation sites is 1. The molecule has 7 heteroatoms. The lowest BCUT2D eigenvalue weighted by atomic mass is 10.1. The Balaban J connectivity index is 2.14. The van der Waals surface area contributed by atoms with Crippen molar-refractivity contribution in [2.24, 2.45) is 0 Å². The third-order valence-corrected chi connectivity index (χ3v) is 4.75. The van der Waals surface area contributed by atoms with Crippen LogP contribution in [0.2, 0.25) is 0 Å². The molecule has 130 valence electrons. The van der Waals surface area contributed by atoms with Crippen molar-refractivity contribution in [2.75, 3.05) is 18.1 Å². The van der Waals surface area contributed by atoms with Gasteiger partial charge in [-0.3, -0.25) is 4.79 Å². The Morgan fingerprint density at radius 2 is 1.92 bits per heavy atom. The van der Waals surface area contributed by atoms with E-state index in [1.165, 1.54) is 0 Å². The minimum atomic E-state index is -3.57. The van der Waals surface area contributed by atoms with Gasteiger partial charge in [0.1, 0.15) is 6.07 Å². The highest BCUT2D eigenvalue weighted by Gasteiger charge is 2.21. The van der Waals surface area contributed by atoms with E-state index in [0.29, 0.717) is 11.3 Å². The quantitative estimate of drug-likeness (QED) is 0.859. The van der Waals surface area contributed by atoms with Crippen molar-refractivity contribution >= 4 is 21.6 Å². The number of nitriles is 1.